The van der Waals surface area contributed by atoms with E-state index >= 15 is 0 Å². The number of nitrogens with zero attached hydrogens (tertiary/aromatic N) is 2. The van der Waals surface area contributed by atoms with Crippen LogP contribution in [-0.2, 0) is 0 Å². The zero-order chi connectivity index (χ0) is 17.1. The highest BCUT2D eigenvalue weighted by molar-refractivity contribution is 8.14. The van der Waals surface area contributed by atoms with Gasteiger partial charge in [-0.05, 0) is 49.9 Å². The fraction of sp³-hybridized carbons (Fsp3) is 0.579. The van der Waals surface area contributed by atoms with E-state index in [1.165, 1.54) is 30.4 Å². The number of amides is 2. The number of hydrogen-bond acceptors (Lipinski definition) is 3. The van der Waals surface area contributed by atoms with Gasteiger partial charge < -0.3 is 5.32 Å². The molecule has 4 nitrogen and oxygen atoms in total. The number of benzene rings is 1. The molecule has 0 radical (unpaired) electrons. The first-order valence-electron chi connectivity index (χ1n) is 8.93. The standard InChI is InChI=1S/C19H27N3OS/c1-13-9-10-16(11-14(13)2)21-18(23)22(17-7-5-4-6-8-17)19-20-12-15(3)24-19/h9-11,15,17H,4-8,12H2,1-3H3,(H,21,23). The highest BCUT2D eigenvalue weighted by Crippen LogP contribution is 2.30. The predicted octanol–water partition coefficient (Wildman–Crippen LogP) is 4.96. The Morgan fingerprint density at radius 2 is 1.96 bits per heavy atom. The molecule has 2 amide bonds. The van der Waals surface area contributed by atoms with Crippen molar-refractivity contribution in [3.63, 3.8) is 0 Å². The van der Waals surface area contributed by atoms with Gasteiger partial charge in [0, 0.05) is 17.0 Å². The quantitative estimate of drug-likeness (QED) is 0.823. The number of aryl methyl sites for hydroxylation is 2. The molecule has 0 saturated heterocycles. The van der Waals surface area contributed by atoms with E-state index in [1.807, 2.05) is 17.0 Å². The Morgan fingerprint density at radius 3 is 2.58 bits per heavy atom. The van der Waals surface area contributed by atoms with Crippen molar-refractivity contribution in [1.29, 1.82) is 0 Å². The third-order valence-corrected chi connectivity index (χ3v) is 6.00. The first-order valence-corrected chi connectivity index (χ1v) is 9.81. The monoisotopic (exact) mass is 345 g/mol. The Balaban J connectivity index is 1.78. The summed E-state index contributed by atoms with van der Waals surface area (Å²) in [6.45, 7) is 7.13. The molecule has 1 atom stereocenters. The highest BCUT2D eigenvalue weighted by atomic mass is 32.2. The van der Waals surface area contributed by atoms with Crippen LogP contribution in [-0.4, -0.2) is 33.9 Å². The smallest absolute Gasteiger partial charge is 0.307 e. The van der Waals surface area contributed by atoms with Gasteiger partial charge in [-0.15, -0.1) is 0 Å². The van der Waals surface area contributed by atoms with Crippen molar-refractivity contribution in [2.24, 2.45) is 4.99 Å². The summed E-state index contributed by atoms with van der Waals surface area (Å²) in [6.07, 6.45) is 5.83. The molecule has 130 valence electrons. The van der Waals surface area contributed by atoms with Crippen molar-refractivity contribution >= 4 is 28.6 Å². The molecule has 0 bridgehead atoms. The maximum atomic E-state index is 13.0. The summed E-state index contributed by atoms with van der Waals surface area (Å²) in [4.78, 5) is 19.6. The van der Waals surface area contributed by atoms with Gasteiger partial charge in [0.25, 0.3) is 0 Å². The van der Waals surface area contributed by atoms with Gasteiger partial charge in [0.2, 0.25) is 0 Å². The number of rotatable bonds is 2. The van der Waals surface area contributed by atoms with Gasteiger partial charge >= 0.3 is 6.03 Å². The van der Waals surface area contributed by atoms with E-state index in [0.717, 1.165) is 30.2 Å². The van der Waals surface area contributed by atoms with E-state index in [4.69, 9.17) is 0 Å². The zero-order valence-corrected chi connectivity index (χ0v) is 15.7. The zero-order valence-electron chi connectivity index (χ0n) is 14.8. The van der Waals surface area contributed by atoms with E-state index in [9.17, 15) is 4.79 Å². The van der Waals surface area contributed by atoms with Crippen molar-refractivity contribution in [3.05, 3.63) is 29.3 Å². The van der Waals surface area contributed by atoms with Crippen LogP contribution in [0.15, 0.2) is 23.2 Å². The van der Waals surface area contributed by atoms with Gasteiger partial charge in [-0.1, -0.05) is 44.0 Å². The molecule has 1 aliphatic heterocycles. The van der Waals surface area contributed by atoms with Gasteiger partial charge in [0.15, 0.2) is 5.17 Å². The summed E-state index contributed by atoms with van der Waals surface area (Å²) >= 11 is 1.73. The van der Waals surface area contributed by atoms with Gasteiger partial charge in [-0.3, -0.25) is 9.89 Å². The fourth-order valence-corrected chi connectivity index (χ4v) is 4.35. The van der Waals surface area contributed by atoms with E-state index in [0.29, 0.717) is 5.25 Å². The molecule has 1 heterocycles. The molecule has 2 aliphatic rings. The normalized spacial score (nSPS) is 21.5. The number of thioether (sulfide) groups is 1. The van der Waals surface area contributed by atoms with Crippen LogP contribution < -0.4 is 5.32 Å². The minimum atomic E-state index is -0.0366. The molecule has 1 aromatic rings. The number of carbonyl (C=O) groups is 1. The molecule has 0 aromatic heterocycles. The van der Waals surface area contributed by atoms with E-state index in [1.54, 1.807) is 11.8 Å². The second-order valence-electron chi connectivity index (χ2n) is 6.94. The minimum absolute atomic E-state index is 0.0366. The number of nitrogens with one attached hydrogen (secondary N) is 1. The first kappa shape index (κ1) is 17.3. The maximum Gasteiger partial charge on any atom is 0.328 e. The Kier molecular flexibility index (Phi) is 5.49. The third kappa shape index (κ3) is 3.94. The largest absolute Gasteiger partial charge is 0.328 e. The van der Waals surface area contributed by atoms with Crippen LogP contribution in [0.5, 0.6) is 0 Å². The minimum Gasteiger partial charge on any atom is -0.307 e. The topological polar surface area (TPSA) is 44.7 Å². The summed E-state index contributed by atoms with van der Waals surface area (Å²) in [5, 5.41) is 4.45. The molecular formula is C19H27N3OS. The molecule has 1 unspecified atom stereocenters. The molecular weight excluding hydrogens is 318 g/mol. The van der Waals surface area contributed by atoms with E-state index < -0.39 is 0 Å². The van der Waals surface area contributed by atoms with Gasteiger partial charge in [0.1, 0.15) is 0 Å². The van der Waals surface area contributed by atoms with Crippen LogP contribution in [0.2, 0.25) is 0 Å². The lowest BCUT2D eigenvalue weighted by atomic mass is 9.94. The number of aliphatic imine (C=N–C) groups is 1. The lowest BCUT2D eigenvalue weighted by molar-refractivity contribution is 0.209. The number of urea groups is 1. The predicted molar refractivity (Wildman–Crippen MR) is 103 cm³/mol. The number of amidine groups is 1. The molecule has 1 aromatic carbocycles. The molecule has 1 N–H and O–H groups in total. The summed E-state index contributed by atoms with van der Waals surface area (Å²) < 4.78 is 0. The first-order chi connectivity index (χ1) is 11.5. The molecule has 24 heavy (non-hydrogen) atoms. The fourth-order valence-electron chi connectivity index (χ4n) is 3.35. The van der Waals surface area contributed by atoms with E-state index in [-0.39, 0.29) is 12.1 Å². The SMILES string of the molecule is Cc1ccc(NC(=O)N(C2=NCC(C)S2)C2CCCCC2)cc1C. The second kappa shape index (κ2) is 7.60. The number of carbonyl (C=O) groups excluding carboxylic acids is 1. The summed E-state index contributed by atoms with van der Waals surface area (Å²) in [5.74, 6) is 0. The number of anilines is 1. The van der Waals surface area contributed by atoms with Gasteiger partial charge in [0.05, 0.1) is 6.54 Å². The molecule has 0 spiro atoms. The van der Waals surface area contributed by atoms with Crippen LogP contribution in [0.4, 0.5) is 10.5 Å². The highest BCUT2D eigenvalue weighted by Gasteiger charge is 2.32. The van der Waals surface area contributed by atoms with Crippen molar-refractivity contribution in [3.8, 4) is 0 Å². The Morgan fingerprint density at radius 1 is 1.21 bits per heavy atom. The van der Waals surface area contributed by atoms with Crippen LogP contribution in [0.25, 0.3) is 0 Å². The van der Waals surface area contributed by atoms with Crippen LogP contribution in [0.3, 0.4) is 0 Å². The van der Waals surface area contributed by atoms with Crippen molar-refractivity contribution in [2.45, 2.75) is 64.2 Å². The molecule has 5 heteroatoms. The summed E-state index contributed by atoms with van der Waals surface area (Å²) in [5.41, 5.74) is 3.29. The van der Waals surface area contributed by atoms with E-state index in [2.05, 4.69) is 37.1 Å². The summed E-state index contributed by atoms with van der Waals surface area (Å²) in [6, 6.07) is 6.32. The third-order valence-electron chi connectivity index (χ3n) is 4.91. The Labute approximate surface area is 149 Å². The average molecular weight is 346 g/mol. The summed E-state index contributed by atoms with van der Waals surface area (Å²) in [7, 11) is 0. The van der Waals surface area contributed by atoms with Gasteiger partial charge in [-0.25, -0.2) is 4.79 Å². The molecule has 3 rings (SSSR count). The van der Waals surface area contributed by atoms with Crippen molar-refractivity contribution in [2.75, 3.05) is 11.9 Å². The lowest BCUT2D eigenvalue weighted by Gasteiger charge is -2.33. The Hall–Kier alpha value is -1.49. The van der Waals surface area contributed by atoms with Gasteiger partial charge in [-0.2, -0.15) is 0 Å². The van der Waals surface area contributed by atoms with Crippen LogP contribution in [0.1, 0.15) is 50.2 Å². The average Bonchev–Trinajstić information content (AvgIpc) is 2.98. The van der Waals surface area contributed by atoms with Crippen LogP contribution >= 0.6 is 11.8 Å². The van der Waals surface area contributed by atoms with Crippen molar-refractivity contribution in [1.82, 2.24) is 4.90 Å². The lowest BCUT2D eigenvalue weighted by Crippen LogP contribution is -2.46. The molecule has 1 saturated carbocycles. The Bertz CT molecular complexity index is 637. The van der Waals surface area contributed by atoms with Crippen LogP contribution in [0, 0.1) is 13.8 Å². The maximum absolute atomic E-state index is 13.0. The number of hydrogen-bond donors (Lipinski definition) is 1. The molecule has 1 fully saturated rings. The second-order valence-corrected chi connectivity index (χ2v) is 8.35. The van der Waals surface area contributed by atoms with Crippen molar-refractivity contribution < 1.29 is 4.79 Å². The molecule has 1 aliphatic carbocycles.